The van der Waals surface area contributed by atoms with Crippen molar-refractivity contribution in [3.63, 3.8) is 0 Å². The molecule has 1 aromatic carbocycles. The summed E-state index contributed by atoms with van der Waals surface area (Å²) in [6, 6.07) is 6.56. The number of likely N-dealkylation sites (tertiary alicyclic amines) is 1. The van der Waals surface area contributed by atoms with Crippen LogP contribution < -0.4 is 16.2 Å². The van der Waals surface area contributed by atoms with Gasteiger partial charge in [0, 0.05) is 25.7 Å². The monoisotopic (exact) mass is 469 g/mol. The van der Waals surface area contributed by atoms with Gasteiger partial charge in [-0.3, -0.25) is 9.59 Å². The van der Waals surface area contributed by atoms with Crippen LogP contribution >= 0.6 is 11.8 Å². The lowest BCUT2D eigenvalue weighted by Crippen LogP contribution is -2.43. The Balaban J connectivity index is 1.13. The highest BCUT2D eigenvalue weighted by atomic mass is 32.2. The number of amides is 1. The van der Waals surface area contributed by atoms with E-state index in [0.29, 0.717) is 35.9 Å². The van der Waals surface area contributed by atoms with Gasteiger partial charge in [0.1, 0.15) is 10.8 Å². The minimum absolute atomic E-state index is 0.0149. The highest BCUT2D eigenvalue weighted by Crippen LogP contribution is 2.28. The fourth-order valence-electron chi connectivity index (χ4n) is 4.24. The molecule has 3 aromatic rings. The Morgan fingerprint density at radius 2 is 2.00 bits per heavy atom. The number of fused-ring (bicyclic) bond motifs is 2. The van der Waals surface area contributed by atoms with E-state index in [0.717, 1.165) is 48.9 Å². The van der Waals surface area contributed by atoms with Crippen molar-refractivity contribution in [1.82, 2.24) is 30.0 Å². The lowest BCUT2D eigenvalue weighted by molar-refractivity contribution is -0.113. The molecule has 4 heterocycles. The van der Waals surface area contributed by atoms with Gasteiger partial charge in [0.25, 0.3) is 5.56 Å². The van der Waals surface area contributed by atoms with Crippen LogP contribution in [0, 0.1) is 5.82 Å². The summed E-state index contributed by atoms with van der Waals surface area (Å²) in [7, 11) is 0. The molecule has 2 aromatic heterocycles. The van der Waals surface area contributed by atoms with E-state index in [-0.39, 0.29) is 17.3 Å². The van der Waals surface area contributed by atoms with Gasteiger partial charge < -0.3 is 20.1 Å². The Morgan fingerprint density at radius 1 is 1.15 bits per heavy atom. The van der Waals surface area contributed by atoms with Crippen molar-refractivity contribution in [2.75, 3.05) is 30.7 Å². The minimum Gasteiger partial charge on any atom is -0.323 e. The Kier molecular flexibility index (Phi) is 6.34. The topological polar surface area (TPSA) is 105 Å². The molecular formula is C22H24FN7O2S. The third-order valence-corrected chi connectivity index (χ3v) is 7.01. The van der Waals surface area contributed by atoms with Gasteiger partial charge in [-0.2, -0.15) is 5.10 Å². The maximum absolute atomic E-state index is 13.7. The standard InChI is InChI=1S/C22H24FN7O2S/c23-14-1-2-17-19(9-14)30(21(32)12-25-17)8-7-29-5-3-15(4-6-29)24-11-16-10-18-22(28-27-16)33-13-20(31)26-18/h1-2,9-10,12,15,24H,3-8,11,13H2,(H,26,31). The SMILES string of the molecule is O=C1CSc2nnc(CNC3CCN(CCn4c(=O)cnc5ccc(F)cc54)CC3)cc2N1. The van der Waals surface area contributed by atoms with E-state index in [9.17, 15) is 14.0 Å². The second kappa shape index (κ2) is 9.54. The van der Waals surface area contributed by atoms with Gasteiger partial charge in [-0.05, 0) is 50.2 Å². The zero-order valence-corrected chi connectivity index (χ0v) is 18.8. The first kappa shape index (κ1) is 21.9. The number of nitrogens with zero attached hydrogens (tertiary/aromatic N) is 5. The summed E-state index contributed by atoms with van der Waals surface area (Å²) >= 11 is 1.40. The number of nitrogens with one attached hydrogen (secondary N) is 2. The summed E-state index contributed by atoms with van der Waals surface area (Å²) in [4.78, 5) is 30.3. The summed E-state index contributed by atoms with van der Waals surface area (Å²) in [5.41, 5.74) is 2.46. The number of carbonyl (C=O) groups is 1. The Morgan fingerprint density at radius 3 is 2.85 bits per heavy atom. The zero-order valence-electron chi connectivity index (χ0n) is 18.0. The summed E-state index contributed by atoms with van der Waals surface area (Å²) in [6.45, 7) is 3.62. The fraction of sp³-hybridized carbons (Fsp3) is 0.409. The molecule has 1 saturated heterocycles. The smallest absolute Gasteiger partial charge is 0.269 e. The van der Waals surface area contributed by atoms with Crippen molar-refractivity contribution in [3.05, 3.63) is 52.3 Å². The number of benzene rings is 1. The molecule has 2 N–H and O–H groups in total. The Bertz CT molecular complexity index is 1240. The molecule has 0 spiro atoms. The maximum atomic E-state index is 13.7. The van der Waals surface area contributed by atoms with Crippen LogP contribution in [-0.2, 0) is 17.9 Å². The molecule has 0 unspecified atom stereocenters. The van der Waals surface area contributed by atoms with Crippen molar-refractivity contribution >= 4 is 34.4 Å². The molecule has 5 rings (SSSR count). The second-order valence-corrected chi connectivity index (χ2v) is 9.23. The van der Waals surface area contributed by atoms with E-state index in [4.69, 9.17) is 0 Å². The molecular weight excluding hydrogens is 445 g/mol. The average Bonchev–Trinajstić information content (AvgIpc) is 2.82. The van der Waals surface area contributed by atoms with E-state index in [1.165, 1.54) is 30.1 Å². The van der Waals surface area contributed by atoms with Gasteiger partial charge in [-0.25, -0.2) is 9.37 Å². The van der Waals surface area contributed by atoms with E-state index in [1.54, 1.807) is 10.6 Å². The third-order valence-electron chi connectivity index (χ3n) is 6.03. The van der Waals surface area contributed by atoms with Gasteiger partial charge in [0.05, 0.1) is 34.4 Å². The molecule has 0 saturated carbocycles. The van der Waals surface area contributed by atoms with E-state index < -0.39 is 0 Å². The number of carbonyl (C=O) groups excluding carboxylic acids is 1. The van der Waals surface area contributed by atoms with Crippen LogP contribution in [0.25, 0.3) is 11.0 Å². The van der Waals surface area contributed by atoms with Crippen LogP contribution in [0.15, 0.2) is 40.3 Å². The van der Waals surface area contributed by atoms with E-state index in [1.807, 2.05) is 6.07 Å². The normalized spacial score (nSPS) is 17.2. The highest BCUT2D eigenvalue weighted by molar-refractivity contribution is 8.00. The summed E-state index contributed by atoms with van der Waals surface area (Å²) < 4.78 is 15.3. The lowest BCUT2D eigenvalue weighted by atomic mass is 10.0. The first-order chi connectivity index (χ1) is 16.0. The predicted octanol–water partition coefficient (Wildman–Crippen LogP) is 1.62. The molecule has 1 amide bonds. The number of rotatable bonds is 6. The number of thioether (sulfide) groups is 1. The van der Waals surface area contributed by atoms with Gasteiger partial charge in [0.2, 0.25) is 5.91 Å². The van der Waals surface area contributed by atoms with Crippen LogP contribution in [0.1, 0.15) is 18.5 Å². The summed E-state index contributed by atoms with van der Waals surface area (Å²) in [6.07, 6.45) is 3.25. The number of anilines is 1. The van der Waals surface area contributed by atoms with Gasteiger partial charge in [-0.1, -0.05) is 11.8 Å². The molecule has 11 heteroatoms. The first-order valence-electron chi connectivity index (χ1n) is 11.0. The molecule has 1 fully saturated rings. The number of aromatic nitrogens is 4. The molecule has 0 radical (unpaired) electrons. The van der Waals surface area contributed by atoms with Crippen molar-refractivity contribution in [2.45, 2.75) is 37.0 Å². The summed E-state index contributed by atoms with van der Waals surface area (Å²) in [5, 5.41) is 15.6. The molecule has 0 atom stereocenters. The molecule has 2 aliphatic heterocycles. The van der Waals surface area contributed by atoms with Crippen LogP contribution in [0.4, 0.5) is 10.1 Å². The van der Waals surface area contributed by atoms with E-state index in [2.05, 4.69) is 30.7 Å². The van der Waals surface area contributed by atoms with Crippen molar-refractivity contribution in [3.8, 4) is 0 Å². The fourth-order valence-corrected chi connectivity index (χ4v) is 4.94. The largest absolute Gasteiger partial charge is 0.323 e. The molecule has 33 heavy (non-hydrogen) atoms. The molecule has 9 nitrogen and oxygen atoms in total. The molecule has 2 aliphatic rings. The maximum Gasteiger partial charge on any atom is 0.269 e. The van der Waals surface area contributed by atoms with E-state index >= 15 is 0 Å². The number of piperidine rings is 1. The predicted molar refractivity (Wildman–Crippen MR) is 124 cm³/mol. The van der Waals surface area contributed by atoms with Gasteiger partial charge in [0.15, 0.2) is 0 Å². The Labute approximate surface area is 193 Å². The third kappa shape index (κ3) is 5.05. The number of halogens is 1. The number of hydrogen-bond acceptors (Lipinski definition) is 8. The minimum atomic E-state index is -0.375. The van der Waals surface area contributed by atoms with Gasteiger partial charge in [-0.15, -0.1) is 5.10 Å². The lowest BCUT2D eigenvalue weighted by Gasteiger charge is -2.32. The van der Waals surface area contributed by atoms with Gasteiger partial charge >= 0.3 is 0 Å². The highest BCUT2D eigenvalue weighted by Gasteiger charge is 2.21. The average molecular weight is 470 g/mol. The van der Waals surface area contributed by atoms with Crippen LogP contribution in [0.3, 0.4) is 0 Å². The van der Waals surface area contributed by atoms with Crippen LogP contribution in [0.5, 0.6) is 0 Å². The zero-order chi connectivity index (χ0) is 22.8. The molecule has 172 valence electrons. The van der Waals surface area contributed by atoms with Crippen molar-refractivity contribution < 1.29 is 9.18 Å². The van der Waals surface area contributed by atoms with Crippen molar-refractivity contribution in [1.29, 1.82) is 0 Å². The number of hydrogen-bond donors (Lipinski definition) is 2. The first-order valence-corrected chi connectivity index (χ1v) is 11.9. The quantitative estimate of drug-likeness (QED) is 0.561. The van der Waals surface area contributed by atoms with Crippen LogP contribution in [-0.4, -0.2) is 62.0 Å². The second-order valence-electron chi connectivity index (χ2n) is 8.27. The molecule has 0 aliphatic carbocycles. The van der Waals surface area contributed by atoms with Crippen LogP contribution in [0.2, 0.25) is 0 Å². The summed E-state index contributed by atoms with van der Waals surface area (Å²) in [5.74, 6) is -0.0138. The van der Waals surface area contributed by atoms with Crippen molar-refractivity contribution in [2.24, 2.45) is 0 Å². The molecule has 0 bridgehead atoms. The Hall–Kier alpha value is -2.89.